The van der Waals surface area contributed by atoms with Crippen LogP contribution >= 0.6 is 31.9 Å². The number of hydrazone groups is 1. The summed E-state index contributed by atoms with van der Waals surface area (Å²) < 4.78 is 7.13. The van der Waals surface area contributed by atoms with Crippen LogP contribution in [0.3, 0.4) is 0 Å². The van der Waals surface area contributed by atoms with Crippen molar-refractivity contribution in [2.45, 2.75) is 0 Å². The summed E-state index contributed by atoms with van der Waals surface area (Å²) in [6.07, 6.45) is 1.38. The molecule has 0 heterocycles. The lowest BCUT2D eigenvalue weighted by molar-refractivity contribution is 0.0734. The van der Waals surface area contributed by atoms with E-state index in [0.717, 1.165) is 8.95 Å². The van der Waals surface area contributed by atoms with Crippen LogP contribution in [0.25, 0.3) is 0 Å². The van der Waals surface area contributed by atoms with Gasteiger partial charge in [-0.3, -0.25) is 9.59 Å². The summed E-state index contributed by atoms with van der Waals surface area (Å²) in [6, 6.07) is 27.1. The lowest BCUT2D eigenvalue weighted by Crippen LogP contribution is -2.18. The average Bonchev–Trinajstić information content (AvgIpc) is 2.91. The predicted molar refractivity (Wildman–Crippen MR) is 149 cm³/mol. The van der Waals surface area contributed by atoms with Crippen LogP contribution < -0.4 is 15.5 Å². The topological polar surface area (TPSA) is 96.9 Å². The van der Waals surface area contributed by atoms with Gasteiger partial charge in [-0.2, -0.15) is 5.10 Å². The van der Waals surface area contributed by atoms with Gasteiger partial charge >= 0.3 is 5.97 Å². The Hall–Kier alpha value is -4.08. The minimum atomic E-state index is -0.511. The van der Waals surface area contributed by atoms with Gasteiger partial charge < -0.3 is 10.1 Å². The number of carbonyl (C=O) groups is 3. The third-order valence-electron chi connectivity index (χ3n) is 5.04. The molecule has 4 aromatic carbocycles. The van der Waals surface area contributed by atoms with Crippen molar-refractivity contribution in [1.82, 2.24) is 5.43 Å². The third-order valence-corrected chi connectivity index (χ3v) is 6.06. The zero-order chi connectivity index (χ0) is 26.2. The van der Waals surface area contributed by atoms with Gasteiger partial charge in [0.1, 0.15) is 5.75 Å². The second kappa shape index (κ2) is 12.2. The number of rotatable bonds is 7. The largest absolute Gasteiger partial charge is 0.422 e. The number of hydrogen-bond acceptors (Lipinski definition) is 5. The molecule has 0 radical (unpaired) electrons. The van der Waals surface area contributed by atoms with Gasteiger partial charge in [0.2, 0.25) is 0 Å². The van der Waals surface area contributed by atoms with E-state index in [1.165, 1.54) is 6.21 Å². The number of amides is 2. The number of nitrogens with one attached hydrogen (secondary N) is 2. The smallest absolute Gasteiger partial charge is 0.343 e. The second-order valence-electron chi connectivity index (χ2n) is 7.68. The number of ether oxygens (including phenoxy) is 1. The first-order valence-corrected chi connectivity index (χ1v) is 12.5. The molecule has 0 saturated heterocycles. The molecular formula is C28H19Br2N3O4. The van der Waals surface area contributed by atoms with E-state index in [9.17, 15) is 14.4 Å². The average molecular weight is 621 g/mol. The van der Waals surface area contributed by atoms with Crippen molar-refractivity contribution in [1.29, 1.82) is 0 Å². The molecular weight excluding hydrogens is 602 g/mol. The first-order chi connectivity index (χ1) is 17.9. The molecule has 0 aliphatic heterocycles. The molecule has 0 atom stereocenters. The fourth-order valence-corrected chi connectivity index (χ4v) is 3.86. The Morgan fingerprint density at radius 3 is 2.16 bits per heavy atom. The van der Waals surface area contributed by atoms with Crippen LogP contribution in [0.4, 0.5) is 5.69 Å². The van der Waals surface area contributed by atoms with Gasteiger partial charge in [-0.25, -0.2) is 10.2 Å². The van der Waals surface area contributed by atoms with Crippen LogP contribution in [0.15, 0.2) is 111 Å². The van der Waals surface area contributed by atoms with Crippen molar-refractivity contribution in [3.05, 3.63) is 128 Å². The van der Waals surface area contributed by atoms with E-state index >= 15 is 0 Å². The number of carbonyl (C=O) groups excluding carboxylic acids is 3. The van der Waals surface area contributed by atoms with Crippen LogP contribution in [-0.4, -0.2) is 24.0 Å². The molecule has 0 saturated carbocycles. The second-order valence-corrected chi connectivity index (χ2v) is 9.51. The van der Waals surface area contributed by atoms with Crippen LogP contribution in [0.1, 0.15) is 36.6 Å². The Bertz CT molecular complexity index is 1470. The van der Waals surface area contributed by atoms with E-state index < -0.39 is 11.9 Å². The summed E-state index contributed by atoms with van der Waals surface area (Å²) in [6.45, 7) is 0. The molecule has 0 bridgehead atoms. The minimum absolute atomic E-state index is 0.285. The zero-order valence-electron chi connectivity index (χ0n) is 19.2. The highest BCUT2D eigenvalue weighted by atomic mass is 79.9. The summed E-state index contributed by atoms with van der Waals surface area (Å²) in [5, 5.41) is 6.79. The monoisotopic (exact) mass is 619 g/mol. The molecule has 184 valence electrons. The number of benzene rings is 4. The maximum absolute atomic E-state index is 12.7. The highest BCUT2D eigenvalue weighted by molar-refractivity contribution is 9.10. The highest BCUT2D eigenvalue weighted by Gasteiger charge is 2.12. The molecule has 9 heteroatoms. The van der Waals surface area contributed by atoms with Gasteiger partial charge in [0.05, 0.1) is 11.8 Å². The minimum Gasteiger partial charge on any atom is -0.422 e. The summed E-state index contributed by atoms with van der Waals surface area (Å²) in [7, 11) is 0. The Morgan fingerprint density at radius 1 is 0.703 bits per heavy atom. The third kappa shape index (κ3) is 7.22. The molecule has 0 aliphatic carbocycles. The fraction of sp³-hybridized carbons (Fsp3) is 0. The van der Waals surface area contributed by atoms with Crippen molar-refractivity contribution in [3.8, 4) is 5.75 Å². The molecule has 0 spiro atoms. The van der Waals surface area contributed by atoms with Gasteiger partial charge in [0.15, 0.2) is 0 Å². The van der Waals surface area contributed by atoms with Crippen molar-refractivity contribution in [2.24, 2.45) is 5.10 Å². The van der Waals surface area contributed by atoms with Crippen LogP contribution in [0.2, 0.25) is 0 Å². The highest BCUT2D eigenvalue weighted by Crippen LogP contribution is 2.23. The van der Waals surface area contributed by atoms with Gasteiger partial charge in [-0.1, -0.05) is 56.1 Å². The number of esters is 1. The van der Waals surface area contributed by atoms with Gasteiger partial charge in [0, 0.05) is 31.3 Å². The van der Waals surface area contributed by atoms with Gasteiger partial charge in [0.25, 0.3) is 11.8 Å². The van der Waals surface area contributed by atoms with Gasteiger partial charge in [-0.15, -0.1) is 0 Å². The van der Waals surface area contributed by atoms with E-state index in [0.29, 0.717) is 27.9 Å². The number of hydrogen-bond donors (Lipinski definition) is 2. The maximum Gasteiger partial charge on any atom is 0.343 e. The number of halogens is 2. The summed E-state index contributed by atoms with van der Waals surface area (Å²) >= 11 is 6.72. The van der Waals surface area contributed by atoms with E-state index in [2.05, 4.69) is 47.7 Å². The van der Waals surface area contributed by atoms with E-state index in [4.69, 9.17) is 4.74 Å². The maximum atomic E-state index is 12.7. The van der Waals surface area contributed by atoms with E-state index in [1.54, 1.807) is 91.0 Å². The lowest BCUT2D eigenvalue weighted by Gasteiger charge is -2.08. The summed E-state index contributed by atoms with van der Waals surface area (Å²) in [5.74, 6) is -1.000. The molecule has 4 rings (SSSR count). The Labute approximate surface area is 229 Å². The predicted octanol–water partition coefficient (Wildman–Crippen LogP) is 6.45. The Morgan fingerprint density at radius 2 is 1.41 bits per heavy atom. The molecule has 4 aromatic rings. The fourth-order valence-electron chi connectivity index (χ4n) is 3.21. The lowest BCUT2D eigenvalue weighted by atomic mass is 10.1. The van der Waals surface area contributed by atoms with Crippen molar-refractivity contribution in [2.75, 3.05) is 5.32 Å². The van der Waals surface area contributed by atoms with Crippen molar-refractivity contribution >= 4 is 61.5 Å². The first-order valence-electron chi connectivity index (χ1n) is 11.0. The van der Waals surface area contributed by atoms with Crippen molar-refractivity contribution < 1.29 is 19.1 Å². The summed E-state index contributed by atoms with van der Waals surface area (Å²) in [5.41, 5.74) is 4.60. The number of anilines is 1. The van der Waals surface area contributed by atoms with Crippen LogP contribution in [0, 0.1) is 0 Å². The van der Waals surface area contributed by atoms with Gasteiger partial charge in [-0.05, 0) is 72.8 Å². The normalized spacial score (nSPS) is 10.6. The molecule has 2 N–H and O–H groups in total. The van der Waals surface area contributed by atoms with E-state index in [1.807, 2.05) is 6.07 Å². The van der Waals surface area contributed by atoms with Crippen LogP contribution in [0.5, 0.6) is 5.75 Å². The molecule has 2 amide bonds. The molecule has 0 unspecified atom stereocenters. The van der Waals surface area contributed by atoms with Crippen molar-refractivity contribution in [3.63, 3.8) is 0 Å². The SMILES string of the molecule is O=C(NN=Cc1cc(Br)ccc1OC(=O)c1ccccc1)c1cccc(NC(=O)c2ccc(Br)cc2)c1. The quantitative estimate of drug-likeness (QED) is 0.107. The summed E-state index contributed by atoms with van der Waals surface area (Å²) in [4.78, 5) is 37.6. The Balaban J connectivity index is 1.42. The molecule has 37 heavy (non-hydrogen) atoms. The number of nitrogens with zero attached hydrogens (tertiary/aromatic N) is 1. The molecule has 0 fully saturated rings. The molecule has 7 nitrogen and oxygen atoms in total. The standard InChI is InChI=1S/C28H19Br2N3O4/c29-22-11-9-18(10-12-22)26(34)32-24-8-4-7-20(16-24)27(35)33-31-17-21-15-23(30)13-14-25(21)37-28(36)19-5-2-1-3-6-19/h1-17H,(H,32,34)(H,33,35). The molecule has 0 aromatic heterocycles. The molecule has 0 aliphatic rings. The van der Waals surface area contributed by atoms with E-state index in [-0.39, 0.29) is 11.7 Å². The zero-order valence-corrected chi connectivity index (χ0v) is 22.3. The first kappa shape index (κ1) is 26.0. The van der Waals surface area contributed by atoms with Crippen LogP contribution in [-0.2, 0) is 0 Å². The Kier molecular flexibility index (Phi) is 8.60.